The van der Waals surface area contributed by atoms with Gasteiger partial charge < -0.3 is 5.32 Å². The summed E-state index contributed by atoms with van der Waals surface area (Å²) in [7, 11) is 0. The molecule has 0 saturated heterocycles. The fourth-order valence-corrected chi connectivity index (χ4v) is 4.72. The molecular formula is C15H23NS. The van der Waals surface area contributed by atoms with Crippen LogP contribution in [0, 0.1) is 31.6 Å². The quantitative estimate of drug-likeness (QED) is 0.848. The number of aryl methyl sites for hydroxylation is 2. The third kappa shape index (κ3) is 2.17. The van der Waals surface area contributed by atoms with Gasteiger partial charge in [-0.15, -0.1) is 11.3 Å². The molecule has 2 saturated carbocycles. The summed E-state index contributed by atoms with van der Waals surface area (Å²) in [6.45, 7) is 7.84. The maximum atomic E-state index is 3.74. The summed E-state index contributed by atoms with van der Waals surface area (Å²) in [6.07, 6.45) is 4.46. The molecular weight excluding hydrogens is 226 g/mol. The van der Waals surface area contributed by atoms with Crippen LogP contribution in [-0.4, -0.2) is 6.54 Å². The first-order chi connectivity index (χ1) is 8.19. The Hall–Kier alpha value is -0.340. The average molecular weight is 249 g/mol. The Labute approximate surface area is 109 Å². The minimum atomic E-state index is 0.623. The van der Waals surface area contributed by atoms with Crippen molar-refractivity contribution in [3.63, 3.8) is 0 Å². The molecule has 3 rings (SSSR count). The van der Waals surface area contributed by atoms with Gasteiger partial charge in [0.2, 0.25) is 0 Å². The van der Waals surface area contributed by atoms with Crippen molar-refractivity contribution in [3.8, 4) is 0 Å². The lowest BCUT2D eigenvalue weighted by Crippen LogP contribution is -2.27. The van der Waals surface area contributed by atoms with Gasteiger partial charge in [-0.2, -0.15) is 0 Å². The van der Waals surface area contributed by atoms with E-state index in [2.05, 4.69) is 32.2 Å². The van der Waals surface area contributed by atoms with Gasteiger partial charge in [-0.1, -0.05) is 6.92 Å². The molecule has 0 aromatic carbocycles. The Kier molecular flexibility index (Phi) is 3.04. The lowest BCUT2D eigenvalue weighted by molar-refractivity contribution is 0.346. The number of fused-ring (bicyclic) bond motifs is 1. The first-order valence-electron chi connectivity index (χ1n) is 6.99. The van der Waals surface area contributed by atoms with Gasteiger partial charge in [-0.25, -0.2) is 0 Å². The van der Waals surface area contributed by atoms with E-state index in [4.69, 9.17) is 0 Å². The Bertz CT molecular complexity index is 399. The molecule has 2 aliphatic carbocycles. The fraction of sp³-hybridized carbons (Fsp3) is 0.733. The van der Waals surface area contributed by atoms with E-state index in [0.29, 0.717) is 6.04 Å². The minimum Gasteiger partial charge on any atom is -0.310 e. The molecule has 1 N–H and O–H groups in total. The zero-order chi connectivity index (χ0) is 12.0. The predicted molar refractivity (Wildman–Crippen MR) is 74.5 cm³/mol. The van der Waals surface area contributed by atoms with Crippen LogP contribution in [0.3, 0.4) is 0 Å². The molecule has 17 heavy (non-hydrogen) atoms. The van der Waals surface area contributed by atoms with E-state index >= 15 is 0 Å². The molecule has 0 amide bonds. The summed E-state index contributed by atoms with van der Waals surface area (Å²) in [5.74, 6) is 3.06. The summed E-state index contributed by atoms with van der Waals surface area (Å²) < 4.78 is 0. The monoisotopic (exact) mass is 249 g/mol. The topological polar surface area (TPSA) is 12.0 Å². The van der Waals surface area contributed by atoms with Crippen LogP contribution in [0.1, 0.15) is 47.5 Å². The van der Waals surface area contributed by atoms with E-state index in [1.54, 1.807) is 5.56 Å². The van der Waals surface area contributed by atoms with Crippen LogP contribution in [0.25, 0.3) is 0 Å². The van der Waals surface area contributed by atoms with Crippen molar-refractivity contribution in [2.75, 3.05) is 6.54 Å². The molecule has 1 heterocycles. The largest absolute Gasteiger partial charge is 0.310 e. The summed E-state index contributed by atoms with van der Waals surface area (Å²) in [4.78, 5) is 2.98. The van der Waals surface area contributed by atoms with Crippen molar-refractivity contribution in [3.05, 3.63) is 21.4 Å². The second-order valence-corrected chi connectivity index (χ2v) is 7.35. The molecule has 1 nitrogen and oxygen atoms in total. The maximum absolute atomic E-state index is 3.74. The highest BCUT2D eigenvalue weighted by Crippen LogP contribution is 2.57. The van der Waals surface area contributed by atoms with Crippen molar-refractivity contribution < 1.29 is 0 Å². The SMILES string of the molecule is CCNC(c1cc(C)sc1C)C1CC2CC2C1. The molecule has 2 aliphatic rings. The number of rotatable bonds is 4. The highest BCUT2D eigenvalue weighted by Gasteiger charge is 2.48. The standard InChI is InChI=1S/C15H23NS/c1-4-16-15(13-7-11-6-12(11)8-13)14-5-9(2)17-10(14)3/h5,11-13,15-16H,4,6-8H2,1-3H3. The number of nitrogens with one attached hydrogen (secondary N) is 1. The maximum Gasteiger partial charge on any atom is 0.0359 e. The zero-order valence-electron chi connectivity index (χ0n) is 11.1. The predicted octanol–water partition coefficient (Wildman–Crippen LogP) is 4.06. The van der Waals surface area contributed by atoms with Crippen molar-refractivity contribution in [2.24, 2.45) is 17.8 Å². The lowest BCUT2D eigenvalue weighted by Gasteiger charge is -2.26. The van der Waals surface area contributed by atoms with Gasteiger partial charge in [0.25, 0.3) is 0 Å². The summed E-state index contributed by atoms with van der Waals surface area (Å²) in [5.41, 5.74) is 1.58. The molecule has 2 fully saturated rings. The van der Waals surface area contributed by atoms with E-state index < -0.39 is 0 Å². The molecule has 1 aromatic rings. The normalized spacial score (nSPS) is 32.5. The Balaban J connectivity index is 1.81. The van der Waals surface area contributed by atoms with Crippen LogP contribution in [-0.2, 0) is 0 Å². The first-order valence-corrected chi connectivity index (χ1v) is 7.81. The lowest BCUT2D eigenvalue weighted by atomic mass is 9.89. The second-order valence-electron chi connectivity index (χ2n) is 5.89. The minimum absolute atomic E-state index is 0.623. The van der Waals surface area contributed by atoms with E-state index in [9.17, 15) is 0 Å². The molecule has 0 radical (unpaired) electrons. The van der Waals surface area contributed by atoms with Gasteiger partial charge in [-0.3, -0.25) is 0 Å². The Morgan fingerprint density at radius 3 is 2.53 bits per heavy atom. The van der Waals surface area contributed by atoms with E-state index in [-0.39, 0.29) is 0 Å². The number of thiophene rings is 1. The van der Waals surface area contributed by atoms with E-state index in [0.717, 1.165) is 24.3 Å². The van der Waals surface area contributed by atoms with Crippen LogP contribution in [0.2, 0.25) is 0 Å². The number of hydrogen-bond acceptors (Lipinski definition) is 2. The number of hydrogen-bond donors (Lipinski definition) is 1. The molecule has 1 aromatic heterocycles. The van der Waals surface area contributed by atoms with Crippen molar-refractivity contribution in [2.45, 2.75) is 46.1 Å². The van der Waals surface area contributed by atoms with Crippen LogP contribution in [0.4, 0.5) is 0 Å². The van der Waals surface area contributed by atoms with Crippen molar-refractivity contribution in [1.82, 2.24) is 5.32 Å². The highest BCUT2D eigenvalue weighted by molar-refractivity contribution is 7.12. The Morgan fingerprint density at radius 2 is 2.00 bits per heavy atom. The van der Waals surface area contributed by atoms with Crippen LogP contribution >= 0.6 is 11.3 Å². The van der Waals surface area contributed by atoms with Crippen molar-refractivity contribution in [1.29, 1.82) is 0 Å². The van der Waals surface area contributed by atoms with E-state index in [1.807, 2.05) is 11.3 Å². The van der Waals surface area contributed by atoms with Crippen molar-refractivity contribution >= 4 is 11.3 Å². The summed E-state index contributed by atoms with van der Waals surface area (Å²) >= 11 is 1.95. The average Bonchev–Trinajstić information content (AvgIpc) is 2.75. The van der Waals surface area contributed by atoms with E-state index in [1.165, 1.54) is 29.0 Å². The third-order valence-electron chi connectivity index (χ3n) is 4.59. The van der Waals surface area contributed by atoms with Gasteiger partial charge in [0.15, 0.2) is 0 Å². The molecule has 0 bridgehead atoms. The third-order valence-corrected chi connectivity index (χ3v) is 5.57. The molecule has 3 atom stereocenters. The van der Waals surface area contributed by atoms with Crippen LogP contribution < -0.4 is 5.32 Å². The van der Waals surface area contributed by atoms with Crippen LogP contribution in [0.15, 0.2) is 6.07 Å². The van der Waals surface area contributed by atoms with Gasteiger partial charge in [0, 0.05) is 15.8 Å². The molecule has 0 aliphatic heterocycles. The van der Waals surface area contributed by atoms with Gasteiger partial charge >= 0.3 is 0 Å². The molecule has 2 heteroatoms. The van der Waals surface area contributed by atoms with Gasteiger partial charge in [0.05, 0.1) is 0 Å². The fourth-order valence-electron chi connectivity index (χ4n) is 3.74. The highest BCUT2D eigenvalue weighted by atomic mass is 32.1. The van der Waals surface area contributed by atoms with Gasteiger partial charge in [0.1, 0.15) is 0 Å². The molecule has 0 spiro atoms. The second kappa shape index (κ2) is 4.40. The van der Waals surface area contributed by atoms with Gasteiger partial charge in [-0.05, 0) is 69.0 Å². The first kappa shape index (κ1) is 11.7. The summed E-state index contributed by atoms with van der Waals surface area (Å²) in [5, 5.41) is 3.74. The Morgan fingerprint density at radius 1 is 1.29 bits per heavy atom. The summed E-state index contributed by atoms with van der Waals surface area (Å²) in [6, 6.07) is 3.04. The molecule has 3 unspecified atom stereocenters. The molecule has 94 valence electrons. The zero-order valence-corrected chi connectivity index (χ0v) is 11.9. The smallest absolute Gasteiger partial charge is 0.0359 e. The van der Waals surface area contributed by atoms with Crippen LogP contribution in [0.5, 0.6) is 0 Å².